The Morgan fingerprint density at radius 1 is 1.22 bits per heavy atom. The lowest BCUT2D eigenvalue weighted by Gasteiger charge is -2.20. The zero-order chi connectivity index (χ0) is 19.0. The van der Waals surface area contributed by atoms with E-state index in [2.05, 4.69) is 10.1 Å². The Kier molecular flexibility index (Phi) is 4.64. The fourth-order valence-corrected chi connectivity index (χ4v) is 3.53. The van der Waals surface area contributed by atoms with Crippen LogP contribution in [0.25, 0.3) is 10.9 Å². The number of ether oxygens (including phenoxy) is 1. The number of carbonyl (C=O) groups is 1. The molecule has 27 heavy (non-hydrogen) atoms. The van der Waals surface area contributed by atoms with Gasteiger partial charge in [-0.1, -0.05) is 30.6 Å². The lowest BCUT2D eigenvalue weighted by Crippen LogP contribution is -2.16. The third-order valence-electron chi connectivity index (χ3n) is 4.95. The van der Waals surface area contributed by atoms with E-state index in [1.54, 1.807) is 0 Å². The Hall–Kier alpha value is -2.76. The van der Waals surface area contributed by atoms with Gasteiger partial charge >= 0.3 is 5.97 Å². The summed E-state index contributed by atoms with van der Waals surface area (Å²) in [6.07, 6.45) is 3.93. The van der Waals surface area contributed by atoms with Crippen molar-refractivity contribution in [1.29, 1.82) is 0 Å². The SMILES string of the molecule is Cc1ccc2nc3c(c(C(=O)OCc4nc(C(C)C)no4)c2c1)CCCC3. The number of benzene rings is 1. The summed E-state index contributed by atoms with van der Waals surface area (Å²) in [7, 11) is 0. The number of hydrogen-bond donors (Lipinski definition) is 0. The molecule has 6 heteroatoms. The first-order valence-corrected chi connectivity index (χ1v) is 9.44. The highest BCUT2D eigenvalue weighted by atomic mass is 16.6. The minimum atomic E-state index is -0.351. The quantitative estimate of drug-likeness (QED) is 0.642. The van der Waals surface area contributed by atoms with E-state index >= 15 is 0 Å². The lowest BCUT2D eigenvalue weighted by atomic mass is 9.89. The van der Waals surface area contributed by atoms with E-state index in [-0.39, 0.29) is 18.5 Å². The van der Waals surface area contributed by atoms with Crippen LogP contribution in [0.2, 0.25) is 0 Å². The summed E-state index contributed by atoms with van der Waals surface area (Å²) in [6, 6.07) is 6.01. The van der Waals surface area contributed by atoms with Crippen molar-refractivity contribution in [3.8, 4) is 0 Å². The molecule has 140 valence electrons. The Balaban J connectivity index is 1.68. The summed E-state index contributed by atoms with van der Waals surface area (Å²) in [6.45, 7) is 5.96. The van der Waals surface area contributed by atoms with Crippen molar-refractivity contribution < 1.29 is 14.1 Å². The van der Waals surface area contributed by atoms with Crippen LogP contribution >= 0.6 is 0 Å². The van der Waals surface area contributed by atoms with Crippen molar-refractivity contribution >= 4 is 16.9 Å². The van der Waals surface area contributed by atoms with Crippen molar-refractivity contribution in [3.63, 3.8) is 0 Å². The third-order valence-corrected chi connectivity index (χ3v) is 4.95. The van der Waals surface area contributed by atoms with Crippen LogP contribution in [0, 0.1) is 6.92 Å². The fourth-order valence-electron chi connectivity index (χ4n) is 3.53. The molecule has 0 radical (unpaired) electrons. The van der Waals surface area contributed by atoms with Gasteiger partial charge in [-0.25, -0.2) is 4.79 Å². The van der Waals surface area contributed by atoms with Gasteiger partial charge in [0.05, 0.1) is 11.1 Å². The van der Waals surface area contributed by atoms with Crippen molar-refractivity contribution in [2.45, 2.75) is 59.0 Å². The minimum Gasteiger partial charge on any atom is -0.452 e. The highest BCUT2D eigenvalue weighted by Crippen LogP contribution is 2.30. The molecule has 1 aromatic carbocycles. The summed E-state index contributed by atoms with van der Waals surface area (Å²) in [5, 5.41) is 4.77. The van der Waals surface area contributed by atoms with Gasteiger partial charge in [0.15, 0.2) is 12.4 Å². The number of hydrogen-bond acceptors (Lipinski definition) is 6. The van der Waals surface area contributed by atoms with E-state index in [4.69, 9.17) is 14.2 Å². The standard InChI is InChI=1S/C21H23N3O3/c1-12(2)20-23-18(27-24-20)11-26-21(25)19-14-6-4-5-7-16(14)22-17-9-8-13(3)10-15(17)19/h8-10,12H,4-7,11H2,1-3H3. The van der Waals surface area contributed by atoms with Gasteiger partial charge < -0.3 is 9.26 Å². The maximum atomic E-state index is 13.0. The van der Waals surface area contributed by atoms with Crippen molar-refractivity contribution in [1.82, 2.24) is 15.1 Å². The molecule has 0 N–H and O–H groups in total. The molecule has 0 saturated heterocycles. The number of nitrogens with zero attached hydrogens (tertiary/aromatic N) is 3. The molecule has 1 aliphatic rings. The Labute approximate surface area is 157 Å². The number of carbonyl (C=O) groups excluding carboxylic acids is 1. The molecule has 2 heterocycles. The second-order valence-electron chi connectivity index (χ2n) is 7.42. The van der Waals surface area contributed by atoms with Crippen LogP contribution in [0.3, 0.4) is 0 Å². The molecule has 0 saturated carbocycles. The molecule has 0 aliphatic heterocycles. The minimum absolute atomic E-state index is 0.0248. The first-order valence-electron chi connectivity index (χ1n) is 9.44. The molecule has 3 aromatic rings. The molecule has 0 atom stereocenters. The van der Waals surface area contributed by atoms with E-state index in [1.807, 2.05) is 39.0 Å². The van der Waals surface area contributed by atoms with Crippen LogP contribution in [0.4, 0.5) is 0 Å². The first kappa shape index (κ1) is 17.6. The van der Waals surface area contributed by atoms with E-state index in [0.29, 0.717) is 17.3 Å². The monoisotopic (exact) mass is 365 g/mol. The molecule has 0 spiro atoms. The summed E-state index contributed by atoms with van der Waals surface area (Å²) < 4.78 is 10.7. The predicted octanol–water partition coefficient (Wildman–Crippen LogP) is 4.29. The molecular weight excluding hydrogens is 342 g/mol. The topological polar surface area (TPSA) is 78.1 Å². The molecule has 0 unspecified atom stereocenters. The maximum absolute atomic E-state index is 13.0. The number of rotatable bonds is 4. The Morgan fingerprint density at radius 3 is 2.81 bits per heavy atom. The number of pyridine rings is 1. The van der Waals surface area contributed by atoms with Crippen molar-refractivity contribution in [3.05, 3.63) is 52.3 Å². The van der Waals surface area contributed by atoms with E-state index in [0.717, 1.165) is 53.4 Å². The predicted molar refractivity (Wildman–Crippen MR) is 101 cm³/mol. The van der Waals surface area contributed by atoms with Gasteiger partial charge in [0.1, 0.15) is 0 Å². The maximum Gasteiger partial charge on any atom is 0.339 e. The summed E-state index contributed by atoms with van der Waals surface area (Å²) in [5.74, 6) is 0.742. The second-order valence-corrected chi connectivity index (χ2v) is 7.42. The van der Waals surface area contributed by atoms with Crippen LogP contribution < -0.4 is 0 Å². The van der Waals surface area contributed by atoms with Crippen molar-refractivity contribution in [2.24, 2.45) is 0 Å². The van der Waals surface area contributed by atoms with Crippen LogP contribution in [-0.2, 0) is 24.2 Å². The van der Waals surface area contributed by atoms with Crippen LogP contribution in [-0.4, -0.2) is 21.1 Å². The van der Waals surface area contributed by atoms with Gasteiger partial charge in [-0.05, 0) is 50.3 Å². The van der Waals surface area contributed by atoms with Gasteiger partial charge in [-0.2, -0.15) is 4.98 Å². The summed E-state index contributed by atoms with van der Waals surface area (Å²) in [4.78, 5) is 22.1. The number of aryl methyl sites for hydroxylation is 2. The average molecular weight is 365 g/mol. The van der Waals surface area contributed by atoms with E-state index in [9.17, 15) is 4.79 Å². The summed E-state index contributed by atoms with van der Waals surface area (Å²) >= 11 is 0. The highest BCUT2D eigenvalue weighted by Gasteiger charge is 2.24. The number of esters is 1. The smallest absolute Gasteiger partial charge is 0.339 e. The zero-order valence-electron chi connectivity index (χ0n) is 15.9. The second kappa shape index (κ2) is 7.10. The van der Waals surface area contributed by atoms with Crippen LogP contribution in [0.15, 0.2) is 22.7 Å². The largest absolute Gasteiger partial charge is 0.452 e. The summed E-state index contributed by atoms with van der Waals surface area (Å²) in [5.41, 5.74) is 4.62. The first-order chi connectivity index (χ1) is 13.0. The van der Waals surface area contributed by atoms with Gasteiger partial charge in [-0.3, -0.25) is 4.98 Å². The van der Waals surface area contributed by atoms with E-state index in [1.165, 1.54) is 0 Å². The molecule has 0 amide bonds. The molecule has 6 nitrogen and oxygen atoms in total. The third kappa shape index (κ3) is 3.44. The van der Waals surface area contributed by atoms with Crippen LogP contribution in [0.1, 0.15) is 71.5 Å². The molecule has 4 rings (SSSR count). The van der Waals surface area contributed by atoms with Crippen molar-refractivity contribution in [2.75, 3.05) is 0 Å². The van der Waals surface area contributed by atoms with E-state index < -0.39 is 0 Å². The molecular formula is C21H23N3O3. The zero-order valence-corrected chi connectivity index (χ0v) is 15.9. The number of fused-ring (bicyclic) bond motifs is 2. The fraction of sp³-hybridized carbons (Fsp3) is 0.429. The van der Waals surface area contributed by atoms with Crippen LogP contribution in [0.5, 0.6) is 0 Å². The Morgan fingerprint density at radius 2 is 2.04 bits per heavy atom. The lowest BCUT2D eigenvalue weighted by molar-refractivity contribution is 0.0430. The molecule has 1 aliphatic carbocycles. The van der Waals surface area contributed by atoms with Gasteiger partial charge in [-0.15, -0.1) is 0 Å². The van der Waals surface area contributed by atoms with Gasteiger partial charge in [0.25, 0.3) is 5.89 Å². The molecule has 2 aromatic heterocycles. The van der Waals surface area contributed by atoms with Gasteiger partial charge in [0.2, 0.25) is 0 Å². The molecule has 0 bridgehead atoms. The Bertz CT molecular complexity index is 1010. The molecule has 0 fully saturated rings. The number of aromatic nitrogens is 3. The normalized spacial score (nSPS) is 13.8. The average Bonchev–Trinajstić information content (AvgIpc) is 3.14. The van der Waals surface area contributed by atoms with Gasteiger partial charge in [0, 0.05) is 17.0 Å². The highest BCUT2D eigenvalue weighted by molar-refractivity contribution is 6.05.